The van der Waals surface area contributed by atoms with Gasteiger partial charge in [0.05, 0.1) is 11.4 Å². The lowest BCUT2D eigenvalue weighted by atomic mass is 9.99. The van der Waals surface area contributed by atoms with E-state index in [1.807, 2.05) is 36.4 Å². The number of H-pyrrole nitrogens is 1. The number of nitrogens with zero attached hydrogens (tertiary/aromatic N) is 2. The maximum atomic E-state index is 6.24. The van der Waals surface area contributed by atoms with Crippen molar-refractivity contribution in [1.29, 1.82) is 0 Å². The molecule has 0 saturated carbocycles. The second kappa shape index (κ2) is 7.01. The van der Waals surface area contributed by atoms with E-state index in [4.69, 9.17) is 16.6 Å². The van der Waals surface area contributed by atoms with Gasteiger partial charge in [-0.3, -0.25) is 4.98 Å². The summed E-state index contributed by atoms with van der Waals surface area (Å²) in [4.78, 5) is 12.7. The third kappa shape index (κ3) is 3.38. The Hall–Kier alpha value is -2.91. The molecule has 0 saturated heterocycles. The second-order valence-corrected chi connectivity index (χ2v) is 7.27. The van der Waals surface area contributed by atoms with Gasteiger partial charge in [-0.1, -0.05) is 41.4 Å². The molecular weight excluding hydrogens is 354 g/mol. The highest BCUT2D eigenvalue weighted by Gasteiger charge is 2.18. The fraction of sp³-hybridized carbons (Fsp3) is 0.130. The number of aromatic amines is 1. The van der Waals surface area contributed by atoms with Gasteiger partial charge in [0.25, 0.3) is 0 Å². The zero-order valence-corrected chi connectivity index (χ0v) is 16.3. The predicted octanol–water partition coefficient (Wildman–Crippen LogP) is 6.38. The number of hydrogen-bond donors (Lipinski definition) is 1. The van der Waals surface area contributed by atoms with Crippen molar-refractivity contribution in [2.75, 3.05) is 0 Å². The van der Waals surface area contributed by atoms with Gasteiger partial charge in [-0.25, -0.2) is 4.98 Å². The lowest BCUT2D eigenvalue weighted by Crippen LogP contribution is -1.92. The van der Waals surface area contributed by atoms with Crippen molar-refractivity contribution in [3.8, 4) is 33.9 Å². The monoisotopic (exact) mass is 373 g/mol. The minimum absolute atomic E-state index is 0.695. The smallest absolute Gasteiger partial charge is 0.139 e. The minimum Gasteiger partial charge on any atom is -0.337 e. The molecule has 0 aliphatic heterocycles. The molecule has 0 bridgehead atoms. The van der Waals surface area contributed by atoms with Crippen LogP contribution < -0.4 is 0 Å². The van der Waals surface area contributed by atoms with Gasteiger partial charge in [0.2, 0.25) is 0 Å². The van der Waals surface area contributed by atoms with Crippen molar-refractivity contribution in [1.82, 2.24) is 15.0 Å². The number of imidazole rings is 1. The van der Waals surface area contributed by atoms with Crippen molar-refractivity contribution < 1.29 is 0 Å². The van der Waals surface area contributed by atoms with Gasteiger partial charge in [0.1, 0.15) is 5.82 Å². The summed E-state index contributed by atoms with van der Waals surface area (Å²) in [7, 11) is 0. The molecule has 2 aromatic heterocycles. The molecule has 4 heteroatoms. The average molecular weight is 374 g/mol. The van der Waals surface area contributed by atoms with Crippen LogP contribution in [0.3, 0.4) is 0 Å². The van der Waals surface area contributed by atoms with E-state index in [2.05, 4.69) is 42.9 Å². The molecule has 4 aromatic rings. The Kier molecular flexibility index (Phi) is 4.54. The fourth-order valence-electron chi connectivity index (χ4n) is 3.62. The molecule has 0 aliphatic carbocycles. The summed E-state index contributed by atoms with van der Waals surface area (Å²) in [5.41, 5.74) is 8.70. The molecule has 3 nitrogen and oxygen atoms in total. The molecule has 0 atom stereocenters. The average Bonchev–Trinajstić information content (AvgIpc) is 3.06. The molecule has 134 valence electrons. The summed E-state index contributed by atoms with van der Waals surface area (Å²) >= 11 is 6.24. The number of hydrogen-bond acceptors (Lipinski definition) is 2. The van der Waals surface area contributed by atoms with Crippen molar-refractivity contribution in [3.63, 3.8) is 0 Å². The van der Waals surface area contributed by atoms with Crippen LogP contribution in [-0.4, -0.2) is 15.0 Å². The van der Waals surface area contributed by atoms with Crippen LogP contribution in [0.2, 0.25) is 5.02 Å². The number of pyridine rings is 1. The summed E-state index contributed by atoms with van der Waals surface area (Å²) in [5.74, 6) is 0.867. The van der Waals surface area contributed by atoms with Crippen LogP contribution in [0.4, 0.5) is 0 Å². The Morgan fingerprint density at radius 1 is 0.852 bits per heavy atom. The maximum absolute atomic E-state index is 6.24. The van der Waals surface area contributed by atoms with Gasteiger partial charge in [-0.05, 0) is 56.2 Å². The maximum Gasteiger partial charge on any atom is 0.139 e. The summed E-state index contributed by atoms with van der Waals surface area (Å²) in [5, 5.41) is 0.695. The van der Waals surface area contributed by atoms with E-state index in [1.165, 1.54) is 16.7 Å². The molecule has 4 rings (SSSR count). The Morgan fingerprint density at radius 2 is 1.56 bits per heavy atom. The van der Waals surface area contributed by atoms with Crippen LogP contribution in [-0.2, 0) is 0 Å². The third-order valence-corrected chi connectivity index (χ3v) is 4.92. The largest absolute Gasteiger partial charge is 0.337 e. The quantitative estimate of drug-likeness (QED) is 0.452. The minimum atomic E-state index is 0.695. The number of nitrogens with one attached hydrogen (secondary N) is 1. The van der Waals surface area contributed by atoms with Gasteiger partial charge in [-0.15, -0.1) is 0 Å². The second-order valence-electron chi connectivity index (χ2n) is 6.83. The van der Waals surface area contributed by atoms with Crippen molar-refractivity contribution >= 4 is 11.6 Å². The standard InChI is InChI=1S/C23H20ClN3/c1-14-11-15(2)20(16(3)12-14)23-26-21(17-7-9-25-10-8-17)22(27-23)18-5-4-6-19(24)13-18/h4-13H,1-3H3,(H,26,27). The highest BCUT2D eigenvalue weighted by molar-refractivity contribution is 6.30. The van der Waals surface area contributed by atoms with Crippen LogP contribution in [0.15, 0.2) is 60.9 Å². The van der Waals surface area contributed by atoms with Crippen LogP contribution in [0, 0.1) is 20.8 Å². The Balaban J connectivity index is 1.97. The fourth-order valence-corrected chi connectivity index (χ4v) is 3.81. The lowest BCUT2D eigenvalue weighted by Gasteiger charge is -2.08. The molecule has 0 radical (unpaired) electrons. The Morgan fingerprint density at radius 3 is 2.22 bits per heavy atom. The topological polar surface area (TPSA) is 41.6 Å². The van der Waals surface area contributed by atoms with Crippen LogP contribution >= 0.6 is 11.6 Å². The van der Waals surface area contributed by atoms with E-state index in [-0.39, 0.29) is 0 Å². The predicted molar refractivity (Wildman–Crippen MR) is 112 cm³/mol. The van der Waals surface area contributed by atoms with Gasteiger partial charge in [0.15, 0.2) is 0 Å². The van der Waals surface area contributed by atoms with E-state index >= 15 is 0 Å². The number of aryl methyl sites for hydroxylation is 3. The van der Waals surface area contributed by atoms with Gasteiger partial charge in [0, 0.05) is 34.1 Å². The molecule has 1 N–H and O–H groups in total. The first-order valence-electron chi connectivity index (χ1n) is 8.87. The van der Waals surface area contributed by atoms with E-state index in [0.717, 1.165) is 33.9 Å². The van der Waals surface area contributed by atoms with Gasteiger partial charge < -0.3 is 4.98 Å². The first-order valence-corrected chi connectivity index (χ1v) is 9.25. The highest BCUT2D eigenvalue weighted by atomic mass is 35.5. The summed E-state index contributed by atoms with van der Waals surface area (Å²) < 4.78 is 0. The summed E-state index contributed by atoms with van der Waals surface area (Å²) in [6, 6.07) is 16.2. The molecule has 0 unspecified atom stereocenters. The number of halogens is 1. The van der Waals surface area contributed by atoms with E-state index < -0.39 is 0 Å². The molecule has 27 heavy (non-hydrogen) atoms. The van der Waals surface area contributed by atoms with Crippen LogP contribution in [0.25, 0.3) is 33.9 Å². The van der Waals surface area contributed by atoms with Crippen LogP contribution in [0.1, 0.15) is 16.7 Å². The van der Waals surface area contributed by atoms with E-state index in [1.54, 1.807) is 12.4 Å². The van der Waals surface area contributed by atoms with Gasteiger partial charge in [-0.2, -0.15) is 0 Å². The molecule has 2 heterocycles. The first kappa shape index (κ1) is 17.5. The molecular formula is C23H20ClN3. The summed E-state index contributed by atoms with van der Waals surface area (Å²) in [6.07, 6.45) is 3.58. The molecule has 2 aromatic carbocycles. The molecule has 0 amide bonds. The first-order chi connectivity index (χ1) is 13.0. The number of rotatable bonds is 3. The summed E-state index contributed by atoms with van der Waals surface area (Å²) in [6.45, 7) is 6.37. The van der Waals surface area contributed by atoms with E-state index in [0.29, 0.717) is 5.02 Å². The molecule has 0 fully saturated rings. The Labute approximate surface area is 164 Å². The molecule has 0 aliphatic rings. The SMILES string of the molecule is Cc1cc(C)c(-c2nc(-c3cccc(Cl)c3)c(-c3ccncc3)[nH]2)c(C)c1. The van der Waals surface area contributed by atoms with Crippen LogP contribution in [0.5, 0.6) is 0 Å². The normalized spacial score (nSPS) is 11.0. The van der Waals surface area contributed by atoms with E-state index in [9.17, 15) is 0 Å². The van der Waals surface area contributed by atoms with Crippen molar-refractivity contribution in [2.45, 2.75) is 20.8 Å². The van der Waals surface area contributed by atoms with Crippen molar-refractivity contribution in [2.24, 2.45) is 0 Å². The highest BCUT2D eigenvalue weighted by Crippen LogP contribution is 2.35. The number of benzene rings is 2. The number of aromatic nitrogens is 3. The Bertz CT molecular complexity index is 1090. The third-order valence-electron chi connectivity index (χ3n) is 4.68. The zero-order valence-electron chi connectivity index (χ0n) is 15.5. The van der Waals surface area contributed by atoms with Crippen molar-refractivity contribution in [3.05, 3.63) is 82.6 Å². The zero-order chi connectivity index (χ0) is 19.0. The lowest BCUT2D eigenvalue weighted by molar-refractivity contribution is 1.24. The molecule has 0 spiro atoms. The van der Waals surface area contributed by atoms with Gasteiger partial charge >= 0.3 is 0 Å².